The van der Waals surface area contributed by atoms with Crippen LogP contribution in [-0.4, -0.2) is 45.2 Å². The van der Waals surface area contributed by atoms with Crippen LogP contribution in [0.15, 0.2) is 36.7 Å². The molecule has 2 aromatic heterocycles. The van der Waals surface area contributed by atoms with Crippen molar-refractivity contribution in [1.82, 2.24) is 19.7 Å². The lowest BCUT2D eigenvalue weighted by atomic mass is 9.97. The molecule has 0 radical (unpaired) electrons. The van der Waals surface area contributed by atoms with E-state index in [1.165, 1.54) is 0 Å². The molecule has 2 N–H and O–H groups in total. The van der Waals surface area contributed by atoms with E-state index in [0.29, 0.717) is 24.0 Å². The molecule has 1 fully saturated rings. The average Bonchev–Trinajstić information content (AvgIpc) is 3.09. The van der Waals surface area contributed by atoms with Crippen molar-refractivity contribution in [1.29, 1.82) is 0 Å². The summed E-state index contributed by atoms with van der Waals surface area (Å²) in [6.07, 6.45) is 5.44. The Morgan fingerprint density at radius 1 is 1.22 bits per heavy atom. The van der Waals surface area contributed by atoms with Crippen LogP contribution in [0.3, 0.4) is 0 Å². The number of amides is 1. The summed E-state index contributed by atoms with van der Waals surface area (Å²) >= 11 is 0. The number of pyridine rings is 1. The SMILES string of the molecule is Cl.Cl.NCC1CCN(C(=O)c2cccc(-n3cccn3)n2)CC1. The van der Waals surface area contributed by atoms with E-state index < -0.39 is 0 Å². The predicted octanol–water partition coefficient (Wildman–Crippen LogP) is 1.92. The minimum absolute atomic E-state index is 0. The molecule has 0 spiro atoms. The normalized spacial score (nSPS) is 14.7. The zero-order valence-corrected chi connectivity index (χ0v) is 14.3. The number of piperidine rings is 1. The molecular weight excluding hydrogens is 337 g/mol. The lowest BCUT2D eigenvalue weighted by Crippen LogP contribution is -2.40. The molecule has 2 aromatic rings. The van der Waals surface area contributed by atoms with E-state index in [-0.39, 0.29) is 30.7 Å². The maximum Gasteiger partial charge on any atom is 0.272 e. The Bertz CT molecular complexity index is 612. The number of rotatable bonds is 3. The number of halogens is 2. The first kappa shape index (κ1) is 19.4. The monoisotopic (exact) mass is 357 g/mol. The van der Waals surface area contributed by atoms with Gasteiger partial charge in [0.1, 0.15) is 5.69 Å². The zero-order chi connectivity index (χ0) is 14.7. The highest BCUT2D eigenvalue weighted by Gasteiger charge is 2.23. The Kier molecular flexibility index (Phi) is 7.48. The van der Waals surface area contributed by atoms with Crippen molar-refractivity contribution in [2.24, 2.45) is 11.7 Å². The molecule has 1 saturated heterocycles. The van der Waals surface area contributed by atoms with Crippen molar-refractivity contribution >= 4 is 30.7 Å². The first-order valence-electron chi connectivity index (χ1n) is 7.24. The molecule has 1 amide bonds. The summed E-state index contributed by atoms with van der Waals surface area (Å²) in [5, 5.41) is 4.14. The van der Waals surface area contributed by atoms with E-state index in [9.17, 15) is 4.79 Å². The fourth-order valence-electron chi connectivity index (χ4n) is 2.61. The highest BCUT2D eigenvalue weighted by atomic mass is 35.5. The van der Waals surface area contributed by atoms with E-state index in [2.05, 4.69) is 10.1 Å². The molecule has 0 atom stereocenters. The number of nitrogens with zero attached hydrogens (tertiary/aromatic N) is 4. The summed E-state index contributed by atoms with van der Waals surface area (Å²) in [7, 11) is 0. The van der Waals surface area contributed by atoms with E-state index >= 15 is 0 Å². The van der Waals surface area contributed by atoms with Gasteiger partial charge in [0.2, 0.25) is 0 Å². The molecule has 8 heteroatoms. The second-order valence-corrected chi connectivity index (χ2v) is 5.30. The van der Waals surface area contributed by atoms with Gasteiger partial charge in [0.05, 0.1) is 0 Å². The van der Waals surface area contributed by atoms with Crippen LogP contribution in [0.2, 0.25) is 0 Å². The van der Waals surface area contributed by atoms with E-state index in [0.717, 1.165) is 25.9 Å². The van der Waals surface area contributed by atoms with Gasteiger partial charge in [-0.15, -0.1) is 24.8 Å². The molecule has 0 aliphatic carbocycles. The van der Waals surface area contributed by atoms with E-state index in [4.69, 9.17) is 5.73 Å². The van der Waals surface area contributed by atoms with Gasteiger partial charge in [-0.05, 0) is 43.5 Å². The standard InChI is InChI=1S/C15H19N5O.2ClH/c16-11-12-5-9-19(10-6-12)15(21)13-3-1-4-14(18-13)20-8-2-7-17-20;;/h1-4,7-8,12H,5-6,9-11,16H2;2*1H. The smallest absolute Gasteiger partial charge is 0.272 e. The summed E-state index contributed by atoms with van der Waals surface area (Å²) in [6, 6.07) is 7.26. The minimum atomic E-state index is -0.0144. The van der Waals surface area contributed by atoms with Crippen molar-refractivity contribution in [3.8, 4) is 5.82 Å². The van der Waals surface area contributed by atoms with Crippen molar-refractivity contribution in [2.45, 2.75) is 12.8 Å². The van der Waals surface area contributed by atoms with Gasteiger partial charge in [0.15, 0.2) is 5.82 Å². The maximum atomic E-state index is 12.5. The van der Waals surface area contributed by atoms with Gasteiger partial charge in [-0.1, -0.05) is 6.07 Å². The topological polar surface area (TPSA) is 77.0 Å². The number of hydrogen-bond donors (Lipinski definition) is 1. The summed E-state index contributed by atoms with van der Waals surface area (Å²) in [4.78, 5) is 18.8. The molecule has 1 aliphatic rings. The van der Waals surface area contributed by atoms with Crippen molar-refractivity contribution in [2.75, 3.05) is 19.6 Å². The minimum Gasteiger partial charge on any atom is -0.337 e. The Morgan fingerprint density at radius 3 is 2.57 bits per heavy atom. The Hall–Kier alpha value is -1.63. The maximum absolute atomic E-state index is 12.5. The lowest BCUT2D eigenvalue weighted by Gasteiger charge is -2.31. The molecule has 23 heavy (non-hydrogen) atoms. The summed E-state index contributed by atoms with van der Waals surface area (Å²) in [6.45, 7) is 2.22. The third kappa shape index (κ3) is 4.43. The van der Waals surface area contributed by atoms with Crippen LogP contribution >= 0.6 is 24.8 Å². The third-order valence-electron chi connectivity index (χ3n) is 3.93. The van der Waals surface area contributed by atoms with Crippen LogP contribution in [0, 0.1) is 5.92 Å². The second kappa shape index (κ2) is 8.86. The van der Waals surface area contributed by atoms with Gasteiger partial charge in [0.25, 0.3) is 5.91 Å². The van der Waals surface area contributed by atoms with Gasteiger partial charge in [-0.25, -0.2) is 9.67 Å². The van der Waals surface area contributed by atoms with Crippen LogP contribution in [0.25, 0.3) is 5.82 Å². The average molecular weight is 358 g/mol. The summed E-state index contributed by atoms with van der Waals surface area (Å²) < 4.78 is 1.65. The number of aromatic nitrogens is 3. The molecule has 0 unspecified atom stereocenters. The molecule has 0 saturated carbocycles. The van der Waals surface area contributed by atoms with Crippen molar-refractivity contribution in [3.63, 3.8) is 0 Å². The number of nitrogens with two attached hydrogens (primary N) is 1. The lowest BCUT2D eigenvalue weighted by molar-refractivity contribution is 0.0687. The van der Waals surface area contributed by atoms with Crippen LogP contribution < -0.4 is 5.73 Å². The summed E-state index contributed by atoms with van der Waals surface area (Å²) in [5.41, 5.74) is 6.15. The van der Waals surface area contributed by atoms with Gasteiger partial charge < -0.3 is 10.6 Å². The molecule has 3 rings (SSSR count). The zero-order valence-electron chi connectivity index (χ0n) is 12.7. The van der Waals surface area contributed by atoms with Gasteiger partial charge in [-0.2, -0.15) is 5.10 Å². The number of hydrogen-bond acceptors (Lipinski definition) is 4. The predicted molar refractivity (Wildman–Crippen MR) is 93.5 cm³/mol. The van der Waals surface area contributed by atoms with Crippen molar-refractivity contribution < 1.29 is 4.79 Å². The fourth-order valence-corrected chi connectivity index (χ4v) is 2.61. The number of likely N-dealkylation sites (tertiary alicyclic amines) is 1. The Balaban J connectivity index is 0.00000132. The van der Waals surface area contributed by atoms with E-state index in [1.54, 1.807) is 16.9 Å². The van der Waals surface area contributed by atoms with Gasteiger partial charge >= 0.3 is 0 Å². The highest BCUT2D eigenvalue weighted by molar-refractivity contribution is 5.92. The molecule has 0 aromatic carbocycles. The third-order valence-corrected chi connectivity index (χ3v) is 3.93. The molecule has 126 valence electrons. The fraction of sp³-hybridized carbons (Fsp3) is 0.400. The summed E-state index contributed by atoms with van der Waals surface area (Å²) in [5.74, 6) is 1.18. The first-order chi connectivity index (χ1) is 10.3. The highest BCUT2D eigenvalue weighted by Crippen LogP contribution is 2.17. The van der Waals surface area contributed by atoms with Gasteiger partial charge in [0, 0.05) is 25.5 Å². The quantitative estimate of drug-likeness (QED) is 0.910. The Labute approximate surface area is 147 Å². The van der Waals surface area contributed by atoms with E-state index in [1.807, 2.05) is 29.3 Å². The molecular formula is C15H21Cl2N5O. The largest absolute Gasteiger partial charge is 0.337 e. The first-order valence-corrected chi connectivity index (χ1v) is 7.24. The van der Waals surface area contributed by atoms with Crippen LogP contribution in [-0.2, 0) is 0 Å². The molecule has 0 bridgehead atoms. The molecule has 3 heterocycles. The molecule has 1 aliphatic heterocycles. The van der Waals surface area contributed by atoms with Crippen molar-refractivity contribution in [3.05, 3.63) is 42.4 Å². The molecule has 6 nitrogen and oxygen atoms in total. The van der Waals surface area contributed by atoms with Crippen LogP contribution in [0.1, 0.15) is 23.3 Å². The number of carbonyl (C=O) groups is 1. The van der Waals surface area contributed by atoms with Crippen LogP contribution in [0.4, 0.5) is 0 Å². The number of carbonyl (C=O) groups excluding carboxylic acids is 1. The Morgan fingerprint density at radius 2 is 1.96 bits per heavy atom. The second-order valence-electron chi connectivity index (χ2n) is 5.30. The van der Waals surface area contributed by atoms with Crippen LogP contribution in [0.5, 0.6) is 0 Å². The van der Waals surface area contributed by atoms with Gasteiger partial charge in [-0.3, -0.25) is 4.79 Å².